The highest BCUT2D eigenvalue weighted by atomic mass is 32.2. The minimum absolute atomic E-state index is 0.00284. The lowest BCUT2D eigenvalue weighted by atomic mass is 9.85. The second-order valence-corrected chi connectivity index (χ2v) is 14.8. The molecule has 3 rings (SSSR count). The van der Waals surface area contributed by atoms with E-state index in [2.05, 4.69) is 10.0 Å². The van der Waals surface area contributed by atoms with Crippen LogP contribution in [-0.4, -0.2) is 42.1 Å². The number of carboxylic acid groups (broad SMARTS) is 1. The Labute approximate surface area is 256 Å². The van der Waals surface area contributed by atoms with Gasteiger partial charge in [0.25, 0.3) is 5.91 Å². The summed E-state index contributed by atoms with van der Waals surface area (Å²) in [5, 5.41) is 22.3. The molecule has 1 aliphatic rings. The van der Waals surface area contributed by atoms with Crippen LogP contribution in [0.15, 0.2) is 23.1 Å². The van der Waals surface area contributed by atoms with E-state index in [1.807, 2.05) is 6.07 Å². The van der Waals surface area contributed by atoms with Crippen LogP contribution in [0.4, 0.5) is 13.2 Å². The molecule has 1 aliphatic carbocycles. The van der Waals surface area contributed by atoms with Gasteiger partial charge in [-0.1, -0.05) is 32.1 Å². The summed E-state index contributed by atoms with van der Waals surface area (Å²) in [5.41, 5.74) is -2.90. The van der Waals surface area contributed by atoms with Crippen LogP contribution in [0.25, 0.3) is 5.69 Å². The molecule has 0 radical (unpaired) electrons. The summed E-state index contributed by atoms with van der Waals surface area (Å²) < 4.78 is 72.8. The van der Waals surface area contributed by atoms with Gasteiger partial charge >= 0.3 is 12.1 Å². The lowest BCUT2D eigenvalue weighted by Crippen LogP contribution is -2.41. The van der Waals surface area contributed by atoms with Crippen LogP contribution in [0, 0.1) is 29.6 Å². The first-order valence-corrected chi connectivity index (χ1v) is 16.1. The number of hydrogen-bond donors (Lipinski definition) is 3. The fraction of sp³-hybridized carbons (Fsp3) is 0.581. The zero-order valence-electron chi connectivity index (χ0n) is 26.0. The second-order valence-electron chi connectivity index (χ2n) is 13.2. The normalized spacial score (nSPS) is 15.2. The molecular formula is C31H41F3N4O5S. The Morgan fingerprint density at radius 3 is 2.23 bits per heavy atom. The van der Waals surface area contributed by atoms with E-state index < -0.39 is 49.5 Å². The van der Waals surface area contributed by atoms with Gasteiger partial charge in [-0.25, -0.2) is 13.1 Å². The van der Waals surface area contributed by atoms with Crippen molar-refractivity contribution < 1.29 is 36.3 Å². The largest absolute Gasteiger partial charge is 0.481 e. The van der Waals surface area contributed by atoms with Crippen molar-refractivity contribution in [3.63, 3.8) is 0 Å². The molecule has 1 aromatic heterocycles. The number of rotatable bonds is 10. The molecule has 1 saturated carbocycles. The Kier molecular flexibility index (Phi) is 10.3. The first-order valence-electron chi connectivity index (χ1n) is 14.6. The van der Waals surface area contributed by atoms with E-state index in [1.165, 1.54) is 45.3 Å². The van der Waals surface area contributed by atoms with Crippen molar-refractivity contribution in [3.8, 4) is 11.8 Å². The van der Waals surface area contributed by atoms with Gasteiger partial charge in [-0.15, -0.1) is 0 Å². The third kappa shape index (κ3) is 8.01. The highest BCUT2D eigenvalue weighted by molar-refractivity contribution is 7.89. The summed E-state index contributed by atoms with van der Waals surface area (Å²) in [5.74, 6) is -1.49. The number of carbonyl (C=O) groups excluding carboxylic acids is 1. The second kappa shape index (κ2) is 12.9. The maximum atomic E-state index is 14.4. The molecule has 0 spiro atoms. The molecule has 0 bridgehead atoms. The molecule has 2 aromatic rings. The number of carboxylic acids is 1. The standard InChI is InChI=1S/C31H41F3N4O5S/c1-19-23(16-20-10-8-7-9-11-20)38(24(18-35)26(19)27(39)36-15-14-30(5,6)28(40)41)21-12-13-25(22(17-21)31(32,33)34)44(42,43)37-29(2,3)4/h12-13,17,20,37H,7-11,14-16H2,1-6H3,(H,36,39)(H,40,41). The lowest BCUT2D eigenvalue weighted by molar-refractivity contribution is -0.147. The van der Waals surface area contributed by atoms with Crippen LogP contribution in [-0.2, 0) is 27.4 Å². The van der Waals surface area contributed by atoms with Crippen molar-refractivity contribution in [2.24, 2.45) is 11.3 Å². The Morgan fingerprint density at radius 2 is 1.70 bits per heavy atom. The molecule has 0 aliphatic heterocycles. The Bertz CT molecular complexity index is 1560. The number of hydrogen-bond acceptors (Lipinski definition) is 5. The molecule has 13 heteroatoms. The third-order valence-electron chi connectivity index (χ3n) is 7.95. The number of nitriles is 1. The molecule has 1 amide bonds. The monoisotopic (exact) mass is 638 g/mol. The Morgan fingerprint density at radius 1 is 1.09 bits per heavy atom. The van der Waals surface area contributed by atoms with Crippen molar-refractivity contribution in [1.82, 2.24) is 14.6 Å². The quantitative estimate of drug-likeness (QED) is 0.287. The maximum Gasteiger partial charge on any atom is 0.417 e. The maximum absolute atomic E-state index is 14.4. The number of halogens is 3. The number of aliphatic carboxylic acids is 1. The van der Waals surface area contributed by atoms with Gasteiger partial charge < -0.3 is 15.0 Å². The number of amides is 1. The minimum Gasteiger partial charge on any atom is -0.481 e. The first-order chi connectivity index (χ1) is 20.2. The van der Waals surface area contributed by atoms with Crippen molar-refractivity contribution in [3.05, 3.63) is 46.3 Å². The zero-order valence-corrected chi connectivity index (χ0v) is 26.8. The highest BCUT2D eigenvalue weighted by Gasteiger charge is 2.39. The van der Waals surface area contributed by atoms with Gasteiger partial charge in [0, 0.05) is 23.5 Å². The van der Waals surface area contributed by atoms with E-state index in [-0.39, 0.29) is 35.8 Å². The summed E-state index contributed by atoms with van der Waals surface area (Å²) in [6.45, 7) is 9.22. The van der Waals surface area contributed by atoms with Crippen LogP contribution < -0.4 is 10.0 Å². The third-order valence-corrected chi connectivity index (χ3v) is 9.77. The van der Waals surface area contributed by atoms with Gasteiger partial charge in [0.2, 0.25) is 10.0 Å². The van der Waals surface area contributed by atoms with E-state index in [9.17, 15) is 41.5 Å². The van der Waals surface area contributed by atoms with E-state index in [4.69, 9.17) is 0 Å². The molecule has 1 fully saturated rings. The molecular weight excluding hydrogens is 597 g/mol. The average molecular weight is 639 g/mol. The molecule has 9 nitrogen and oxygen atoms in total. The molecule has 242 valence electrons. The van der Waals surface area contributed by atoms with Gasteiger partial charge in [0.1, 0.15) is 11.8 Å². The van der Waals surface area contributed by atoms with Crippen LogP contribution in [0.5, 0.6) is 0 Å². The van der Waals surface area contributed by atoms with Crippen LogP contribution >= 0.6 is 0 Å². The summed E-state index contributed by atoms with van der Waals surface area (Å²) in [6, 6.07) is 4.80. The van der Waals surface area contributed by atoms with Crippen LogP contribution in [0.3, 0.4) is 0 Å². The Hall–Kier alpha value is -3.37. The number of alkyl halides is 3. The van der Waals surface area contributed by atoms with Crippen molar-refractivity contribution in [2.75, 3.05) is 6.54 Å². The fourth-order valence-corrected chi connectivity index (χ4v) is 7.20. The van der Waals surface area contributed by atoms with Gasteiger partial charge in [-0.05, 0) is 84.1 Å². The number of aromatic nitrogens is 1. The van der Waals surface area contributed by atoms with Crippen molar-refractivity contribution in [1.29, 1.82) is 5.26 Å². The highest BCUT2D eigenvalue weighted by Crippen LogP contribution is 2.38. The molecule has 1 heterocycles. The summed E-state index contributed by atoms with van der Waals surface area (Å²) in [4.78, 5) is 24.0. The number of carbonyl (C=O) groups is 2. The molecule has 3 N–H and O–H groups in total. The first kappa shape index (κ1) is 35.1. The number of benzene rings is 1. The fourth-order valence-electron chi connectivity index (χ4n) is 5.57. The molecule has 44 heavy (non-hydrogen) atoms. The molecule has 0 unspecified atom stereocenters. The van der Waals surface area contributed by atoms with Gasteiger partial charge in [-0.2, -0.15) is 18.4 Å². The summed E-state index contributed by atoms with van der Waals surface area (Å²) in [6.07, 6.45) is 0.317. The predicted octanol–water partition coefficient (Wildman–Crippen LogP) is 6.11. The van der Waals surface area contributed by atoms with Crippen molar-refractivity contribution in [2.45, 2.75) is 103 Å². The van der Waals surface area contributed by atoms with Crippen LogP contribution in [0.2, 0.25) is 0 Å². The number of nitrogens with zero attached hydrogens (tertiary/aromatic N) is 2. The zero-order chi connectivity index (χ0) is 33.3. The van der Waals surface area contributed by atoms with Crippen LogP contribution in [0.1, 0.15) is 106 Å². The van der Waals surface area contributed by atoms with Gasteiger partial charge in [0.05, 0.1) is 21.4 Å². The van der Waals surface area contributed by atoms with Gasteiger partial charge in [0.15, 0.2) is 0 Å². The lowest BCUT2D eigenvalue weighted by Gasteiger charge is -2.24. The number of nitrogens with one attached hydrogen (secondary N) is 2. The number of sulfonamides is 1. The molecule has 1 aromatic carbocycles. The average Bonchev–Trinajstić information content (AvgIpc) is 3.17. The van der Waals surface area contributed by atoms with E-state index in [0.717, 1.165) is 38.2 Å². The SMILES string of the molecule is Cc1c(C(=O)NCCC(C)(C)C(=O)O)c(C#N)n(-c2ccc(S(=O)(=O)NC(C)(C)C)c(C(F)(F)F)c2)c1CC1CCCCC1. The topological polar surface area (TPSA) is 141 Å². The van der Waals surface area contributed by atoms with Gasteiger partial charge in [-0.3, -0.25) is 9.59 Å². The van der Waals surface area contributed by atoms with E-state index in [0.29, 0.717) is 23.7 Å². The van der Waals surface area contributed by atoms with E-state index in [1.54, 1.807) is 6.92 Å². The predicted molar refractivity (Wildman–Crippen MR) is 159 cm³/mol. The summed E-state index contributed by atoms with van der Waals surface area (Å²) in [7, 11) is -4.57. The van der Waals surface area contributed by atoms with Crippen molar-refractivity contribution >= 4 is 21.9 Å². The van der Waals surface area contributed by atoms with E-state index >= 15 is 0 Å². The summed E-state index contributed by atoms with van der Waals surface area (Å²) >= 11 is 0. The minimum atomic E-state index is -5.05. The molecule has 0 saturated heterocycles. The Balaban J connectivity index is 2.21. The smallest absolute Gasteiger partial charge is 0.417 e. The molecule has 0 atom stereocenters.